The van der Waals surface area contributed by atoms with E-state index in [1.54, 1.807) is 10.9 Å². The van der Waals surface area contributed by atoms with Crippen molar-refractivity contribution in [2.45, 2.75) is 12.6 Å². The van der Waals surface area contributed by atoms with E-state index in [0.29, 0.717) is 31.2 Å². The van der Waals surface area contributed by atoms with E-state index in [0.717, 1.165) is 24.4 Å². The Kier molecular flexibility index (Phi) is 4.48. The molecule has 1 unspecified atom stereocenters. The van der Waals surface area contributed by atoms with E-state index in [1.807, 2.05) is 13.1 Å². The van der Waals surface area contributed by atoms with Gasteiger partial charge >= 0.3 is 0 Å². The first-order valence-electron chi connectivity index (χ1n) is 8.20. The number of aryl methyl sites for hydroxylation is 1. The summed E-state index contributed by atoms with van der Waals surface area (Å²) < 4.78 is 39.3. The second-order valence-electron chi connectivity index (χ2n) is 6.11. The molecule has 1 atom stereocenters. The molecular weight excluding hydrogens is 344 g/mol. The fraction of sp³-hybridized carbons (Fsp3) is 0.353. The van der Waals surface area contributed by atoms with Crippen LogP contribution in [0.2, 0.25) is 0 Å². The molecule has 7 nitrogen and oxygen atoms in total. The largest absolute Gasteiger partial charge is 0.369 e. The first-order valence-corrected chi connectivity index (χ1v) is 8.20. The van der Waals surface area contributed by atoms with Crippen molar-refractivity contribution in [2.24, 2.45) is 7.05 Å². The van der Waals surface area contributed by atoms with Crippen molar-refractivity contribution in [2.75, 3.05) is 19.7 Å². The van der Waals surface area contributed by atoms with Crippen molar-refractivity contribution < 1.29 is 18.0 Å². The van der Waals surface area contributed by atoms with Crippen molar-refractivity contribution in [3.8, 4) is 11.4 Å². The summed E-state index contributed by atoms with van der Waals surface area (Å²) >= 11 is 0. The Morgan fingerprint density at radius 2 is 2.12 bits per heavy atom. The smallest absolute Gasteiger partial charge is 0.241 e. The zero-order chi connectivity index (χ0) is 18.1. The number of ether oxygens (including phenoxy) is 1. The third-order valence-corrected chi connectivity index (χ3v) is 4.34. The van der Waals surface area contributed by atoms with Crippen LogP contribution in [0, 0.1) is 11.6 Å². The summed E-state index contributed by atoms with van der Waals surface area (Å²) in [7, 11) is 1.88. The van der Waals surface area contributed by atoms with Crippen LogP contribution in [-0.4, -0.2) is 44.5 Å². The van der Waals surface area contributed by atoms with Crippen molar-refractivity contribution in [3.63, 3.8) is 0 Å². The molecule has 1 aromatic carbocycles. The predicted octanol–water partition coefficient (Wildman–Crippen LogP) is 2.32. The molecule has 0 spiro atoms. The predicted molar refractivity (Wildman–Crippen MR) is 86.8 cm³/mol. The van der Waals surface area contributed by atoms with Gasteiger partial charge in [-0.3, -0.25) is 9.58 Å². The Hall–Kier alpha value is -2.65. The SMILES string of the molecule is Cn1nccc1C1CN(Cc2nc(-c3ccc(F)c(F)c3)no2)CCO1. The summed E-state index contributed by atoms with van der Waals surface area (Å²) in [6.45, 7) is 2.44. The molecule has 26 heavy (non-hydrogen) atoms. The van der Waals surface area contributed by atoms with Gasteiger partial charge < -0.3 is 9.26 Å². The van der Waals surface area contributed by atoms with Gasteiger partial charge in [0.25, 0.3) is 0 Å². The van der Waals surface area contributed by atoms with Crippen LogP contribution in [-0.2, 0) is 18.3 Å². The van der Waals surface area contributed by atoms with Gasteiger partial charge in [-0.05, 0) is 24.3 Å². The van der Waals surface area contributed by atoms with Gasteiger partial charge in [-0.1, -0.05) is 5.16 Å². The van der Waals surface area contributed by atoms with Crippen LogP contribution in [0.3, 0.4) is 0 Å². The molecule has 9 heteroatoms. The molecule has 0 bridgehead atoms. The highest BCUT2D eigenvalue weighted by atomic mass is 19.2. The number of halogens is 2. The van der Waals surface area contributed by atoms with E-state index < -0.39 is 11.6 Å². The first-order chi connectivity index (χ1) is 12.6. The molecule has 1 aliphatic rings. The van der Waals surface area contributed by atoms with Gasteiger partial charge in [0, 0.05) is 31.9 Å². The summed E-state index contributed by atoms with van der Waals surface area (Å²) in [5.74, 6) is -1.21. The lowest BCUT2D eigenvalue weighted by atomic mass is 10.2. The van der Waals surface area contributed by atoms with E-state index in [2.05, 4.69) is 20.1 Å². The van der Waals surface area contributed by atoms with Gasteiger partial charge in [-0.2, -0.15) is 10.1 Å². The molecule has 0 saturated carbocycles. The van der Waals surface area contributed by atoms with E-state index in [-0.39, 0.29) is 11.9 Å². The summed E-state index contributed by atoms with van der Waals surface area (Å²) in [6.07, 6.45) is 1.66. The van der Waals surface area contributed by atoms with E-state index in [1.165, 1.54) is 6.07 Å². The molecule has 1 aliphatic heterocycles. The maximum absolute atomic E-state index is 13.4. The van der Waals surface area contributed by atoms with Crippen molar-refractivity contribution >= 4 is 0 Å². The van der Waals surface area contributed by atoms with Crippen LogP contribution in [0.15, 0.2) is 35.0 Å². The number of morpholine rings is 1. The maximum atomic E-state index is 13.4. The van der Waals surface area contributed by atoms with E-state index >= 15 is 0 Å². The topological polar surface area (TPSA) is 69.2 Å². The summed E-state index contributed by atoms with van der Waals surface area (Å²) in [4.78, 5) is 6.43. The Balaban J connectivity index is 1.45. The number of hydrogen-bond acceptors (Lipinski definition) is 6. The summed E-state index contributed by atoms with van der Waals surface area (Å²) in [6, 6.07) is 5.45. The number of aromatic nitrogens is 4. The Morgan fingerprint density at radius 1 is 1.23 bits per heavy atom. The fourth-order valence-corrected chi connectivity index (χ4v) is 2.99. The minimum Gasteiger partial charge on any atom is -0.369 e. The zero-order valence-corrected chi connectivity index (χ0v) is 14.1. The monoisotopic (exact) mass is 361 g/mol. The number of benzene rings is 1. The van der Waals surface area contributed by atoms with Gasteiger partial charge in [0.1, 0.15) is 6.10 Å². The lowest BCUT2D eigenvalue weighted by Crippen LogP contribution is -2.38. The average Bonchev–Trinajstić information content (AvgIpc) is 3.27. The van der Waals surface area contributed by atoms with Gasteiger partial charge in [-0.25, -0.2) is 8.78 Å². The number of rotatable bonds is 4. The normalized spacial score (nSPS) is 18.3. The Morgan fingerprint density at radius 3 is 2.88 bits per heavy atom. The molecule has 3 heterocycles. The molecule has 0 aliphatic carbocycles. The summed E-state index contributed by atoms with van der Waals surface area (Å²) in [5, 5.41) is 8.03. The molecule has 0 N–H and O–H groups in total. The second kappa shape index (κ2) is 6.93. The molecule has 0 amide bonds. The third kappa shape index (κ3) is 3.35. The molecule has 1 fully saturated rings. The second-order valence-corrected chi connectivity index (χ2v) is 6.11. The van der Waals surface area contributed by atoms with Crippen molar-refractivity contribution in [3.05, 3.63) is 53.7 Å². The molecule has 4 rings (SSSR count). The van der Waals surface area contributed by atoms with Gasteiger partial charge in [0.2, 0.25) is 11.7 Å². The molecule has 136 valence electrons. The average molecular weight is 361 g/mol. The highest BCUT2D eigenvalue weighted by molar-refractivity contribution is 5.54. The van der Waals surface area contributed by atoms with Crippen molar-refractivity contribution in [1.82, 2.24) is 24.8 Å². The third-order valence-electron chi connectivity index (χ3n) is 4.34. The number of hydrogen-bond donors (Lipinski definition) is 0. The van der Waals surface area contributed by atoms with Crippen LogP contribution in [0.25, 0.3) is 11.4 Å². The fourth-order valence-electron chi connectivity index (χ4n) is 2.99. The van der Waals surface area contributed by atoms with Crippen LogP contribution in [0.5, 0.6) is 0 Å². The van der Waals surface area contributed by atoms with Crippen molar-refractivity contribution in [1.29, 1.82) is 0 Å². The highest BCUT2D eigenvalue weighted by Gasteiger charge is 2.25. The Bertz CT molecular complexity index is 910. The lowest BCUT2D eigenvalue weighted by molar-refractivity contribution is -0.0392. The van der Waals surface area contributed by atoms with Gasteiger partial charge in [-0.15, -0.1) is 0 Å². The minimum atomic E-state index is -0.943. The highest BCUT2D eigenvalue weighted by Crippen LogP contribution is 2.23. The van der Waals surface area contributed by atoms with Gasteiger partial charge in [0.05, 0.1) is 18.8 Å². The quantitative estimate of drug-likeness (QED) is 0.710. The van der Waals surface area contributed by atoms with E-state index in [9.17, 15) is 8.78 Å². The van der Waals surface area contributed by atoms with Crippen LogP contribution in [0.1, 0.15) is 17.7 Å². The summed E-state index contributed by atoms with van der Waals surface area (Å²) in [5.41, 5.74) is 1.37. The molecule has 2 aromatic heterocycles. The molecule has 1 saturated heterocycles. The van der Waals surface area contributed by atoms with Crippen LogP contribution in [0.4, 0.5) is 8.78 Å². The minimum absolute atomic E-state index is 0.0789. The molecular formula is C17H17F2N5O2. The lowest BCUT2D eigenvalue weighted by Gasteiger charge is -2.31. The maximum Gasteiger partial charge on any atom is 0.241 e. The Labute approximate surface area is 148 Å². The standard InChI is InChI=1S/C17H17F2N5O2/c1-23-14(4-5-20-23)15-9-24(6-7-25-15)10-16-21-17(22-26-16)11-2-3-12(18)13(19)8-11/h2-5,8,15H,6-7,9-10H2,1H3. The van der Waals surface area contributed by atoms with Crippen LogP contribution >= 0.6 is 0 Å². The molecule has 0 radical (unpaired) electrons. The zero-order valence-electron chi connectivity index (χ0n) is 14.1. The number of nitrogens with zero attached hydrogens (tertiary/aromatic N) is 5. The first kappa shape index (κ1) is 16.8. The van der Waals surface area contributed by atoms with E-state index in [4.69, 9.17) is 9.26 Å². The van der Waals surface area contributed by atoms with Crippen LogP contribution < -0.4 is 0 Å². The molecule has 3 aromatic rings. The van der Waals surface area contributed by atoms with Gasteiger partial charge in [0.15, 0.2) is 11.6 Å².